The van der Waals surface area contributed by atoms with Crippen LogP contribution in [0.3, 0.4) is 0 Å². The van der Waals surface area contributed by atoms with Gasteiger partial charge in [-0.2, -0.15) is 0 Å². The predicted octanol–water partition coefficient (Wildman–Crippen LogP) is 5.04. The second-order valence-corrected chi connectivity index (χ2v) is 5.99. The lowest BCUT2D eigenvalue weighted by atomic mass is 10.0. The maximum atomic E-state index is 13.2. The van der Waals surface area contributed by atoms with Crippen LogP contribution in [0.1, 0.15) is 18.0 Å². The quantitative estimate of drug-likeness (QED) is 0.679. The summed E-state index contributed by atoms with van der Waals surface area (Å²) in [7, 11) is 0. The Kier molecular flexibility index (Phi) is 5.14. The molecule has 1 atom stereocenters. The molecule has 3 aromatic rings. The average molecular weight is 361 g/mol. The fourth-order valence-corrected chi connectivity index (χ4v) is 2.78. The Bertz CT molecular complexity index is 864. The number of carbonyl (C=O) groups is 1. The molecule has 25 heavy (non-hydrogen) atoms. The molecule has 0 fully saturated rings. The highest BCUT2D eigenvalue weighted by Gasteiger charge is 2.18. The minimum Gasteiger partial charge on any atom is -0.346 e. The molecule has 128 valence electrons. The lowest BCUT2D eigenvalue weighted by molar-refractivity contribution is -0.116. The van der Waals surface area contributed by atoms with Crippen LogP contribution >= 0.6 is 11.6 Å². The number of anilines is 1. The molecule has 1 N–H and O–H groups in total. The first-order chi connectivity index (χ1) is 12.0. The lowest BCUT2D eigenvalue weighted by Crippen LogP contribution is -2.19. The van der Waals surface area contributed by atoms with Crippen molar-refractivity contribution in [2.75, 3.05) is 5.32 Å². The smallest absolute Gasteiger partial charge is 0.226 e. The van der Waals surface area contributed by atoms with E-state index in [1.807, 2.05) is 29.1 Å². The van der Waals surface area contributed by atoms with Crippen LogP contribution in [0.15, 0.2) is 67.0 Å². The first-order valence-corrected chi connectivity index (χ1v) is 8.03. The molecule has 0 aliphatic carbocycles. The van der Waals surface area contributed by atoms with Gasteiger partial charge in [0.2, 0.25) is 5.91 Å². The molecule has 1 heterocycles. The van der Waals surface area contributed by atoms with Gasteiger partial charge in [0.05, 0.1) is 17.5 Å². The number of nitrogens with zero attached hydrogens (tertiary/aromatic N) is 1. The molecule has 0 spiro atoms. The Hall–Kier alpha value is -2.66. The topological polar surface area (TPSA) is 34.0 Å². The Morgan fingerprint density at radius 3 is 2.40 bits per heavy atom. The number of nitrogens with one attached hydrogen (secondary N) is 1. The zero-order valence-corrected chi connectivity index (χ0v) is 13.9. The van der Waals surface area contributed by atoms with Gasteiger partial charge >= 0.3 is 0 Å². The molecule has 1 unspecified atom stereocenters. The minimum atomic E-state index is -0.545. The van der Waals surface area contributed by atoms with Crippen molar-refractivity contribution in [2.45, 2.75) is 12.5 Å². The number of hydrogen-bond donors (Lipinski definition) is 1. The van der Waals surface area contributed by atoms with Crippen molar-refractivity contribution in [3.05, 3.63) is 89.2 Å². The van der Waals surface area contributed by atoms with E-state index in [9.17, 15) is 13.6 Å². The van der Waals surface area contributed by atoms with Gasteiger partial charge in [0.1, 0.15) is 11.6 Å². The number of hydrogen-bond acceptors (Lipinski definition) is 1. The third kappa shape index (κ3) is 4.25. The molecule has 0 aliphatic heterocycles. The second-order valence-electron chi connectivity index (χ2n) is 5.58. The van der Waals surface area contributed by atoms with E-state index in [0.717, 1.165) is 5.56 Å². The summed E-state index contributed by atoms with van der Waals surface area (Å²) >= 11 is 5.73. The van der Waals surface area contributed by atoms with Gasteiger partial charge in [0.25, 0.3) is 0 Å². The predicted molar refractivity (Wildman–Crippen MR) is 93.6 cm³/mol. The Balaban J connectivity index is 1.79. The summed E-state index contributed by atoms with van der Waals surface area (Å²) in [5.41, 5.74) is 1.23. The fraction of sp³-hybridized carbons (Fsp3) is 0.105. The normalized spacial score (nSPS) is 12.0. The van der Waals surface area contributed by atoms with E-state index in [-0.39, 0.29) is 29.2 Å². The van der Waals surface area contributed by atoms with Crippen LogP contribution < -0.4 is 5.32 Å². The van der Waals surface area contributed by atoms with E-state index in [1.165, 1.54) is 30.3 Å². The average Bonchev–Trinajstić information content (AvgIpc) is 3.11. The highest BCUT2D eigenvalue weighted by Crippen LogP contribution is 2.24. The number of benzene rings is 2. The van der Waals surface area contributed by atoms with E-state index in [2.05, 4.69) is 5.32 Å². The maximum absolute atomic E-state index is 13.2. The number of rotatable bonds is 5. The van der Waals surface area contributed by atoms with Gasteiger partial charge in [-0.15, -0.1) is 0 Å². The van der Waals surface area contributed by atoms with Crippen LogP contribution in [0.4, 0.5) is 14.5 Å². The molecule has 0 aliphatic rings. The van der Waals surface area contributed by atoms with Gasteiger partial charge in [0, 0.05) is 18.1 Å². The first kappa shape index (κ1) is 17.2. The number of aromatic nitrogens is 1. The molecule has 6 heteroatoms. The van der Waals surface area contributed by atoms with E-state index in [4.69, 9.17) is 11.6 Å². The minimum absolute atomic E-state index is 0.0571. The first-order valence-electron chi connectivity index (χ1n) is 7.66. The molecule has 1 aromatic heterocycles. The summed E-state index contributed by atoms with van der Waals surface area (Å²) in [6.07, 6.45) is 3.82. The van der Waals surface area contributed by atoms with Crippen molar-refractivity contribution in [1.29, 1.82) is 0 Å². The molecule has 2 aromatic carbocycles. The van der Waals surface area contributed by atoms with Crippen LogP contribution in [-0.4, -0.2) is 10.5 Å². The molecule has 0 bridgehead atoms. The van der Waals surface area contributed by atoms with Gasteiger partial charge in [-0.3, -0.25) is 4.79 Å². The van der Waals surface area contributed by atoms with Crippen LogP contribution in [0, 0.1) is 11.6 Å². The molecule has 3 nitrogen and oxygen atoms in total. The monoisotopic (exact) mass is 360 g/mol. The summed E-state index contributed by atoms with van der Waals surface area (Å²) in [6.45, 7) is 0. The summed E-state index contributed by atoms with van der Waals surface area (Å²) in [6, 6.07) is 13.5. The summed E-state index contributed by atoms with van der Waals surface area (Å²) in [4.78, 5) is 12.4. The molecule has 0 radical (unpaired) electrons. The van der Waals surface area contributed by atoms with E-state index >= 15 is 0 Å². The van der Waals surface area contributed by atoms with Gasteiger partial charge in [0.15, 0.2) is 0 Å². The van der Waals surface area contributed by atoms with Gasteiger partial charge in [-0.05, 0) is 48.0 Å². The second kappa shape index (κ2) is 7.49. The Morgan fingerprint density at radius 2 is 1.76 bits per heavy atom. The van der Waals surface area contributed by atoms with Crippen molar-refractivity contribution in [3.63, 3.8) is 0 Å². The van der Waals surface area contributed by atoms with Crippen LogP contribution in [0.2, 0.25) is 5.02 Å². The van der Waals surface area contributed by atoms with Gasteiger partial charge < -0.3 is 9.88 Å². The Labute approximate surface area is 148 Å². The molecular formula is C19H15ClF2N2O. The molecule has 0 saturated heterocycles. The summed E-state index contributed by atoms with van der Waals surface area (Å²) < 4.78 is 28.3. The van der Waals surface area contributed by atoms with Crippen LogP contribution in [0.5, 0.6) is 0 Å². The van der Waals surface area contributed by atoms with Crippen LogP contribution in [-0.2, 0) is 4.79 Å². The third-order valence-corrected chi connectivity index (χ3v) is 4.11. The summed E-state index contributed by atoms with van der Waals surface area (Å²) in [5, 5.41) is 2.65. The molecule has 3 rings (SSSR count). The zero-order valence-electron chi connectivity index (χ0n) is 13.1. The van der Waals surface area contributed by atoms with Crippen molar-refractivity contribution in [2.24, 2.45) is 0 Å². The van der Waals surface area contributed by atoms with E-state index < -0.39 is 5.82 Å². The van der Waals surface area contributed by atoms with E-state index in [1.54, 1.807) is 12.1 Å². The molecule has 0 saturated carbocycles. The number of halogens is 3. The number of amides is 1. The highest BCUT2D eigenvalue weighted by molar-refractivity contribution is 6.31. The van der Waals surface area contributed by atoms with Crippen molar-refractivity contribution < 1.29 is 13.6 Å². The zero-order chi connectivity index (χ0) is 17.8. The highest BCUT2D eigenvalue weighted by atomic mass is 35.5. The standard InChI is InChI=1S/C19H15ClF2N2O/c20-16-11-15(7-8-17(16)22)23-19(25)12-18(24-9-1-2-10-24)13-3-5-14(21)6-4-13/h1-11,18H,12H2,(H,23,25). The molecule has 1 amide bonds. The number of carbonyl (C=O) groups excluding carboxylic acids is 1. The third-order valence-electron chi connectivity index (χ3n) is 3.82. The van der Waals surface area contributed by atoms with Crippen molar-refractivity contribution >= 4 is 23.2 Å². The largest absolute Gasteiger partial charge is 0.346 e. The SMILES string of the molecule is O=C(CC(c1ccc(F)cc1)n1cccc1)Nc1ccc(F)c(Cl)c1. The van der Waals surface area contributed by atoms with Gasteiger partial charge in [-0.25, -0.2) is 8.78 Å². The van der Waals surface area contributed by atoms with Crippen molar-refractivity contribution in [1.82, 2.24) is 4.57 Å². The van der Waals surface area contributed by atoms with Gasteiger partial charge in [-0.1, -0.05) is 23.7 Å². The fourth-order valence-electron chi connectivity index (χ4n) is 2.60. The van der Waals surface area contributed by atoms with E-state index in [0.29, 0.717) is 5.69 Å². The Morgan fingerprint density at radius 1 is 1.08 bits per heavy atom. The van der Waals surface area contributed by atoms with Crippen molar-refractivity contribution in [3.8, 4) is 0 Å². The molecular weight excluding hydrogens is 346 g/mol. The maximum Gasteiger partial charge on any atom is 0.226 e. The van der Waals surface area contributed by atoms with Crippen LogP contribution in [0.25, 0.3) is 0 Å². The lowest BCUT2D eigenvalue weighted by Gasteiger charge is -2.19. The summed E-state index contributed by atoms with van der Waals surface area (Å²) in [5.74, 6) is -1.14.